The molecule has 1 N–H and O–H groups in total. The number of aromatic nitrogens is 3. The fraction of sp³-hybridized carbons (Fsp3) is 0.500. The van der Waals surface area contributed by atoms with Gasteiger partial charge in [0.2, 0.25) is 0 Å². The highest BCUT2D eigenvalue weighted by atomic mass is 35.5. The molecule has 0 fully saturated rings. The number of hydrogen-bond acceptors (Lipinski definition) is 6. The van der Waals surface area contributed by atoms with Crippen LogP contribution in [0.1, 0.15) is 18.5 Å². The monoisotopic (exact) mass is 258 g/mol. The Kier molecular flexibility index (Phi) is 4.65. The second-order valence-electron chi connectivity index (χ2n) is 3.67. The number of nitrogens with one attached hydrogen (secondary N) is 1. The van der Waals surface area contributed by atoms with Gasteiger partial charge in [0.25, 0.3) is 5.89 Å². The van der Waals surface area contributed by atoms with Crippen molar-refractivity contribution in [2.24, 2.45) is 0 Å². The first-order valence-corrected chi connectivity index (χ1v) is 5.11. The molecule has 1 unspecified atom stereocenters. The molecule has 7 heteroatoms. The number of nitrogens with zero attached hydrogens (tertiary/aromatic N) is 3. The first kappa shape index (κ1) is 13.7. The largest absolute Gasteiger partial charge is 0.448 e. The van der Waals surface area contributed by atoms with Gasteiger partial charge in [-0.2, -0.15) is 4.98 Å². The summed E-state index contributed by atoms with van der Waals surface area (Å²) in [6, 6.07) is 0.309. The summed E-state index contributed by atoms with van der Waals surface area (Å²) < 4.78 is 10.2. The van der Waals surface area contributed by atoms with Crippen molar-refractivity contribution in [3.8, 4) is 11.6 Å². The summed E-state index contributed by atoms with van der Waals surface area (Å²) in [5, 5.41) is 7.01. The lowest BCUT2D eigenvalue weighted by Gasteiger charge is -2.04. The van der Waals surface area contributed by atoms with Crippen molar-refractivity contribution < 1.29 is 8.94 Å². The van der Waals surface area contributed by atoms with Crippen LogP contribution in [0, 0.1) is 6.92 Å². The van der Waals surface area contributed by atoms with Gasteiger partial charge in [0.15, 0.2) is 17.9 Å². The van der Waals surface area contributed by atoms with E-state index in [9.17, 15) is 0 Å². The number of aryl methyl sites for hydroxylation is 1. The number of oxazole rings is 1. The summed E-state index contributed by atoms with van der Waals surface area (Å²) >= 11 is 0. The maximum Gasteiger partial charge on any atom is 0.280 e. The van der Waals surface area contributed by atoms with Crippen molar-refractivity contribution in [3.05, 3.63) is 18.0 Å². The molecule has 2 rings (SSSR count). The Balaban J connectivity index is 0.00000144. The van der Waals surface area contributed by atoms with E-state index in [0.29, 0.717) is 29.2 Å². The second-order valence-corrected chi connectivity index (χ2v) is 3.67. The molecule has 17 heavy (non-hydrogen) atoms. The van der Waals surface area contributed by atoms with Gasteiger partial charge in [0.05, 0.1) is 0 Å². The van der Waals surface area contributed by atoms with Crippen LogP contribution in [0.3, 0.4) is 0 Å². The SMILES string of the molecule is CNC(C)Cc1noc(-c2ncoc2C)n1.Cl. The lowest BCUT2D eigenvalue weighted by Crippen LogP contribution is -2.24. The molecule has 0 aliphatic carbocycles. The Morgan fingerprint density at radius 2 is 2.24 bits per heavy atom. The van der Waals surface area contributed by atoms with Gasteiger partial charge in [-0.1, -0.05) is 5.16 Å². The highest BCUT2D eigenvalue weighted by molar-refractivity contribution is 5.85. The predicted molar refractivity (Wildman–Crippen MR) is 64.0 cm³/mol. The molecule has 0 aliphatic rings. The lowest BCUT2D eigenvalue weighted by atomic mass is 10.2. The minimum Gasteiger partial charge on any atom is -0.448 e. The highest BCUT2D eigenvalue weighted by Gasteiger charge is 2.15. The molecule has 0 spiro atoms. The van der Waals surface area contributed by atoms with E-state index in [0.717, 1.165) is 6.42 Å². The van der Waals surface area contributed by atoms with Crippen LogP contribution in [-0.2, 0) is 6.42 Å². The van der Waals surface area contributed by atoms with Crippen molar-refractivity contribution in [1.82, 2.24) is 20.4 Å². The van der Waals surface area contributed by atoms with E-state index in [4.69, 9.17) is 8.94 Å². The van der Waals surface area contributed by atoms with E-state index in [1.807, 2.05) is 14.0 Å². The first-order valence-electron chi connectivity index (χ1n) is 5.11. The van der Waals surface area contributed by atoms with Crippen LogP contribution in [0.15, 0.2) is 15.3 Å². The summed E-state index contributed by atoms with van der Waals surface area (Å²) in [6.07, 6.45) is 2.08. The van der Waals surface area contributed by atoms with Gasteiger partial charge < -0.3 is 14.3 Å². The van der Waals surface area contributed by atoms with Gasteiger partial charge in [-0.3, -0.25) is 0 Å². The maximum absolute atomic E-state index is 5.12. The molecule has 0 bridgehead atoms. The van der Waals surface area contributed by atoms with Gasteiger partial charge in [0.1, 0.15) is 5.76 Å². The summed E-state index contributed by atoms with van der Waals surface area (Å²) in [6.45, 7) is 3.86. The van der Waals surface area contributed by atoms with Crippen LogP contribution >= 0.6 is 12.4 Å². The third-order valence-corrected chi connectivity index (χ3v) is 2.40. The summed E-state index contributed by atoms with van der Waals surface area (Å²) in [7, 11) is 1.90. The van der Waals surface area contributed by atoms with Crippen molar-refractivity contribution in [1.29, 1.82) is 0 Å². The molecule has 1 atom stereocenters. The molecule has 2 aromatic rings. The van der Waals surface area contributed by atoms with E-state index in [1.54, 1.807) is 0 Å². The number of halogens is 1. The number of hydrogen-bond donors (Lipinski definition) is 1. The van der Waals surface area contributed by atoms with Gasteiger partial charge in [0, 0.05) is 12.5 Å². The molecule has 94 valence electrons. The van der Waals surface area contributed by atoms with Crippen LogP contribution < -0.4 is 5.32 Å². The van der Waals surface area contributed by atoms with Crippen molar-refractivity contribution in [2.75, 3.05) is 7.05 Å². The summed E-state index contributed by atoms with van der Waals surface area (Å²) in [4.78, 5) is 8.28. The van der Waals surface area contributed by atoms with Crippen molar-refractivity contribution in [2.45, 2.75) is 26.3 Å². The topological polar surface area (TPSA) is 77.0 Å². The molecule has 2 aromatic heterocycles. The zero-order chi connectivity index (χ0) is 11.5. The van der Waals surface area contributed by atoms with E-state index in [1.165, 1.54) is 6.39 Å². The van der Waals surface area contributed by atoms with E-state index in [2.05, 4.69) is 27.4 Å². The zero-order valence-corrected chi connectivity index (χ0v) is 10.7. The molecule has 0 amide bonds. The Bertz CT molecular complexity index is 468. The standard InChI is InChI=1S/C10H14N4O2.ClH/c1-6(11-3)4-8-13-10(16-14-8)9-7(2)15-5-12-9;/h5-6,11H,4H2,1-3H3;1H. The fourth-order valence-electron chi connectivity index (χ4n) is 1.32. The molecular formula is C10H15ClN4O2. The normalized spacial score (nSPS) is 12.2. The summed E-state index contributed by atoms with van der Waals surface area (Å²) in [5.74, 6) is 1.75. The third kappa shape index (κ3) is 3.04. The van der Waals surface area contributed by atoms with Crippen molar-refractivity contribution in [3.63, 3.8) is 0 Å². The molecule has 6 nitrogen and oxygen atoms in total. The molecule has 0 aromatic carbocycles. The van der Waals surface area contributed by atoms with E-state index >= 15 is 0 Å². The predicted octanol–water partition coefficient (Wildman–Crippen LogP) is 1.61. The quantitative estimate of drug-likeness (QED) is 0.898. The summed E-state index contributed by atoms with van der Waals surface area (Å²) in [5.41, 5.74) is 0.607. The number of rotatable bonds is 4. The minimum atomic E-state index is 0. The van der Waals surface area contributed by atoms with Crippen LogP contribution in [0.4, 0.5) is 0 Å². The van der Waals surface area contributed by atoms with Crippen LogP contribution in [0.5, 0.6) is 0 Å². The number of likely N-dealkylation sites (N-methyl/N-ethyl adjacent to an activating group) is 1. The van der Waals surface area contributed by atoms with Gasteiger partial charge in [-0.05, 0) is 20.9 Å². The Morgan fingerprint density at radius 1 is 1.47 bits per heavy atom. The Labute approximate surface area is 105 Å². The average molecular weight is 259 g/mol. The van der Waals surface area contributed by atoms with Gasteiger partial charge >= 0.3 is 0 Å². The molecule has 0 aliphatic heterocycles. The van der Waals surface area contributed by atoms with Gasteiger partial charge in [-0.25, -0.2) is 4.98 Å². The Hall–Kier alpha value is -1.40. The maximum atomic E-state index is 5.12. The Morgan fingerprint density at radius 3 is 2.82 bits per heavy atom. The average Bonchev–Trinajstić information content (AvgIpc) is 2.86. The van der Waals surface area contributed by atoms with E-state index < -0.39 is 0 Å². The molecule has 0 saturated heterocycles. The fourth-order valence-corrected chi connectivity index (χ4v) is 1.32. The zero-order valence-electron chi connectivity index (χ0n) is 9.93. The highest BCUT2D eigenvalue weighted by Crippen LogP contribution is 2.19. The molecule has 0 saturated carbocycles. The van der Waals surface area contributed by atoms with E-state index in [-0.39, 0.29) is 12.4 Å². The van der Waals surface area contributed by atoms with Gasteiger partial charge in [-0.15, -0.1) is 12.4 Å². The van der Waals surface area contributed by atoms with Crippen molar-refractivity contribution >= 4 is 12.4 Å². The molecular weight excluding hydrogens is 244 g/mol. The molecule has 0 radical (unpaired) electrons. The van der Waals surface area contributed by atoms with Crippen LogP contribution in [0.2, 0.25) is 0 Å². The lowest BCUT2D eigenvalue weighted by molar-refractivity contribution is 0.416. The third-order valence-electron chi connectivity index (χ3n) is 2.40. The smallest absolute Gasteiger partial charge is 0.280 e. The molecule has 2 heterocycles. The first-order chi connectivity index (χ1) is 7.70. The minimum absolute atomic E-state index is 0. The van der Waals surface area contributed by atoms with Crippen LogP contribution in [0.25, 0.3) is 11.6 Å². The second kappa shape index (κ2) is 5.79. The van der Waals surface area contributed by atoms with Crippen LogP contribution in [-0.4, -0.2) is 28.2 Å².